The van der Waals surface area contributed by atoms with E-state index in [1.165, 1.54) is 6.07 Å². The Kier molecular flexibility index (Phi) is 6.67. The Balaban J connectivity index is 0.00000324. The molecule has 98 valence electrons. The Morgan fingerprint density at radius 3 is 1.68 bits per heavy atom. The molecule has 1 aromatic carbocycles. The van der Waals surface area contributed by atoms with Crippen LogP contribution in [0.1, 0.15) is 20.7 Å². The van der Waals surface area contributed by atoms with Gasteiger partial charge in [-0.3, -0.25) is 4.55 Å². The minimum atomic E-state index is -4.78. The molecule has 0 unspecified atom stereocenters. The van der Waals surface area contributed by atoms with Gasteiger partial charge in [0.15, 0.2) is 0 Å². The van der Waals surface area contributed by atoms with E-state index in [1.807, 2.05) is 0 Å². The second-order valence-corrected chi connectivity index (χ2v) is 4.50. The van der Waals surface area contributed by atoms with Crippen molar-refractivity contribution in [1.82, 2.24) is 0 Å². The van der Waals surface area contributed by atoms with Crippen molar-refractivity contribution in [3.05, 3.63) is 29.3 Å². The van der Waals surface area contributed by atoms with Crippen molar-refractivity contribution < 1.29 is 61.6 Å². The Morgan fingerprint density at radius 2 is 1.42 bits per heavy atom. The number of hydrogen-bond donors (Lipinski definition) is 1. The van der Waals surface area contributed by atoms with Crippen LogP contribution in [0.25, 0.3) is 0 Å². The molecule has 0 fully saturated rings. The summed E-state index contributed by atoms with van der Waals surface area (Å²) in [6, 6.07) is 3.50. The fourth-order valence-corrected chi connectivity index (χ4v) is 2.21. The first-order valence-electron chi connectivity index (χ1n) is 4.60. The Labute approximate surface area is 131 Å². The van der Waals surface area contributed by atoms with Crippen LogP contribution < -0.4 is 29.6 Å². The molecule has 0 heterocycles. The van der Waals surface area contributed by atoms with Gasteiger partial charge in [-0.2, -0.15) is 8.42 Å². The molecule has 0 bridgehead atoms. The average Bonchev–Trinajstić information content (AvgIpc) is 2.34. The molecule has 0 aromatic heterocycles. The first-order chi connectivity index (χ1) is 8.32. The Bertz CT molecular complexity index is 560. The van der Waals surface area contributed by atoms with E-state index in [4.69, 9.17) is 4.55 Å². The van der Waals surface area contributed by atoms with E-state index in [9.17, 15) is 18.0 Å². The van der Waals surface area contributed by atoms with E-state index in [2.05, 4.69) is 9.47 Å². The molecule has 0 atom stereocenters. The third-order valence-corrected chi connectivity index (χ3v) is 3.04. The van der Waals surface area contributed by atoms with E-state index in [0.717, 1.165) is 26.4 Å². The summed E-state index contributed by atoms with van der Waals surface area (Å²) in [5.74, 6) is -1.98. The maximum Gasteiger partial charge on any atom is 1.00 e. The molecular weight excluding hydrogens is 287 g/mol. The number of benzene rings is 1. The molecule has 7 nitrogen and oxygen atoms in total. The maximum absolute atomic E-state index is 11.4. The largest absolute Gasteiger partial charge is 1.00 e. The van der Waals surface area contributed by atoms with Gasteiger partial charge in [0.25, 0.3) is 10.1 Å². The summed E-state index contributed by atoms with van der Waals surface area (Å²) in [6.45, 7) is 0. The first-order valence-corrected chi connectivity index (χ1v) is 6.04. The van der Waals surface area contributed by atoms with Crippen LogP contribution in [-0.4, -0.2) is 39.1 Å². The predicted octanol–water partition coefficient (Wildman–Crippen LogP) is -2.49. The zero-order valence-corrected chi connectivity index (χ0v) is 13.4. The molecule has 19 heavy (non-hydrogen) atoms. The van der Waals surface area contributed by atoms with Crippen molar-refractivity contribution in [1.29, 1.82) is 0 Å². The summed E-state index contributed by atoms with van der Waals surface area (Å²) in [7, 11) is -2.69. The normalized spacial score (nSPS) is 10.3. The van der Waals surface area contributed by atoms with Crippen LogP contribution in [0.2, 0.25) is 0 Å². The van der Waals surface area contributed by atoms with Crippen LogP contribution in [0.4, 0.5) is 0 Å². The summed E-state index contributed by atoms with van der Waals surface area (Å²) < 4.78 is 40.4. The van der Waals surface area contributed by atoms with Gasteiger partial charge in [0.2, 0.25) is 0 Å². The summed E-state index contributed by atoms with van der Waals surface area (Å²) in [5, 5.41) is 0. The van der Waals surface area contributed by atoms with E-state index in [1.54, 1.807) is 0 Å². The fraction of sp³-hybridized carbons (Fsp3) is 0.200. The van der Waals surface area contributed by atoms with Gasteiger partial charge in [-0.25, -0.2) is 9.59 Å². The number of ether oxygens (including phenoxy) is 2. The predicted molar refractivity (Wildman–Crippen MR) is 58.9 cm³/mol. The molecule has 9 heteroatoms. The zero-order chi connectivity index (χ0) is 13.9. The number of methoxy groups -OCH3 is 2. The van der Waals surface area contributed by atoms with Gasteiger partial charge in [0, 0.05) is 0 Å². The minimum absolute atomic E-state index is 0. The van der Waals surface area contributed by atoms with Crippen molar-refractivity contribution in [3.8, 4) is 0 Å². The van der Waals surface area contributed by atoms with Crippen LogP contribution in [0.15, 0.2) is 23.1 Å². The molecule has 0 spiro atoms. The van der Waals surface area contributed by atoms with Crippen LogP contribution >= 0.6 is 0 Å². The van der Waals surface area contributed by atoms with Crippen molar-refractivity contribution in [3.63, 3.8) is 0 Å². The topological polar surface area (TPSA) is 107 Å². The smallest absolute Gasteiger partial charge is 0.465 e. The summed E-state index contributed by atoms with van der Waals surface area (Å²) >= 11 is 0. The number of rotatable bonds is 3. The molecule has 1 aromatic rings. The monoisotopic (exact) mass is 297 g/mol. The Morgan fingerprint density at radius 1 is 1.05 bits per heavy atom. The molecule has 0 saturated carbocycles. The Hall–Kier alpha value is -0.930. The van der Waals surface area contributed by atoms with Gasteiger partial charge >= 0.3 is 41.5 Å². The number of carbonyl (C=O) groups is 2. The van der Waals surface area contributed by atoms with E-state index < -0.39 is 38.1 Å². The summed E-state index contributed by atoms with van der Waals surface area (Å²) in [6.07, 6.45) is 0. The fourth-order valence-electron chi connectivity index (χ4n) is 1.36. The minimum Gasteiger partial charge on any atom is -0.465 e. The zero-order valence-electron chi connectivity index (χ0n) is 10.5. The third-order valence-electron chi connectivity index (χ3n) is 2.08. The standard InChI is InChI=1S/C10H10O7S.Na/c1-16-9(11)6-4-3-5-7(10(12)17-2)8(6)18(13,14)15;/h3-5H,1-2H3,(H,13,14,15);/q;+1. The molecule has 0 aliphatic carbocycles. The van der Waals surface area contributed by atoms with E-state index >= 15 is 0 Å². The third kappa shape index (κ3) is 4.02. The number of hydrogen-bond acceptors (Lipinski definition) is 6. The van der Waals surface area contributed by atoms with E-state index in [-0.39, 0.29) is 29.6 Å². The maximum atomic E-state index is 11.4. The van der Waals surface area contributed by atoms with E-state index in [0.29, 0.717) is 0 Å². The van der Waals surface area contributed by atoms with Gasteiger partial charge < -0.3 is 9.47 Å². The molecule has 0 aliphatic rings. The van der Waals surface area contributed by atoms with Crippen LogP contribution in [-0.2, 0) is 19.6 Å². The van der Waals surface area contributed by atoms with Crippen molar-refractivity contribution in [2.24, 2.45) is 0 Å². The van der Waals surface area contributed by atoms with Gasteiger partial charge in [0.05, 0.1) is 25.3 Å². The molecule has 0 saturated heterocycles. The van der Waals surface area contributed by atoms with Crippen molar-refractivity contribution in [2.75, 3.05) is 14.2 Å². The molecular formula is C10H10NaO7S+. The summed E-state index contributed by atoms with van der Waals surface area (Å²) in [4.78, 5) is 22.0. The quantitative estimate of drug-likeness (QED) is 0.373. The SMILES string of the molecule is COC(=O)c1cccc(C(=O)OC)c1S(=O)(=O)O.[Na+]. The summed E-state index contributed by atoms with van der Waals surface area (Å²) in [5.41, 5.74) is -0.884. The van der Waals surface area contributed by atoms with Crippen LogP contribution in [0.3, 0.4) is 0 Å². The second kappa shape index (κ2) is 7.01. The molecule has 0 aliphatic heterocycles. The van der Waals surface area contributed by atoms with Gasteiger partial charge in [-0.1, -0.05) is 6.07 Å². The molecule has 0 radical (unpaired) electrons. The number of carbonyl (C=O) groups excluding carboxylic acids is 2. The molecule has 0 amide bonds. The van der Waals surface area contributed by atoms with Crippen LogP contribution in [0.5, 0.6) is 0 Å². The van der Waals surface area contributed by atoms with Gasteiger partial charge in [-0.15, -0.1) is 0 Å². The van der Waals surface area contributed by atoms with Crippen LogP contribution in [0, 0.1) is 0 Å². The second-order valence-electron chi connectivity index (χ2n) is 3.14. The number of esters is 2. The van der Waals surface area contributed by atoms with Crippen molar-refractivity contribution in [2.45, 2.75) is 4.90 Å². The molecule has 1 rings (SSSR count). The first kappa shape index (κ1) is 18.1. The van der Waals surface area contributed by atoms with Gasteiger partial charge in [0.1, 0.15) is 4.90 Å². The van der Waals surface area contributed by atoms with Gasteiger partial charge in [-0.05, 0) is 12.1 Å². The molecule has 1 N–H and O–H groups in total. The van der Waals surface area contributed by atoms with Crippen molar-refractivity contribution >= 4 is 22.1 Å². The average molecular weight is 297 g/mol.